The van der Waals surface area contributed by atoms with E-state index >= 15 is 0 Å². The Hall–Kier alpha value is -4.37. The zero-order chi connectivity index (χ0) is 80.5. The summed E-state index contributed by atoms with van der Waals surface area (Å²) in [6, 6.07) is 0. The van der Waals surface area contributed by atoms with Crippen molar-refractivity contribution in [1.82, 2.24) is 0 Å². The molecule has 120 heavy (non-hydrogen) atoms. The molecular weight excluding hydrogens is 1540 g/mol. The number of carbonyl (C=O) groups excluding carboxylic acids is 8. The molecule has 2 heterocycles. The Kier molecular flexibility index (Phi) is 49.6. The van der Waals surface area contributed by atoms with Crippen LogP contribution < -0.4 is 0 Å². The lowest BCUT2D eigenvalue weighted by Crippen LogP contribution is -2.63. The Labute approximate surface area is 737 Å². The zero-order valence-corrected chi connectivity index (χ0v) is 71.5. The van der Waals surface area contributed by atoms with Crippen LogP contribution in [0.3, 0.4) is 0 Å². The molecule has 13 aliphatic carbocycles. The largest absolute Gasteiger partial charge is 0.465 e. The van der Waals surface area contributed by atoms with E-state index in [-0.39, 0.29) is 188 Å². The van der Waals surface area contributed by atoms with Crippen LogP contribution in [0, 0.1) is 104 Å². The Morgan fingerprint density at radius 3 is 1.30 bits per heavy atom. The Balaban J connectivity index is -0.000000437. The van der Waals surface area contributed by atoms with Gasteiger partial charge >= 0.3 is 47.8 Å². The van der Waals surface area contributed by atoms with E-state index in [1.807, 2.05) is 104 Å². The first-order valence-electron chi connectivity index (χ1n) is 42.4. The maximum atomic E-state index is 12.8. The Morgan fingerprint density at radius 2 is 0.867 bits per heavy atom. The second-order valence-corrected chi connectivity index (χ2v) is 41.6. The lowest BCUT2D eigenvalue weighted by Gasteiger charge is -2.62. The first-order chi connectivity index (χ1) is 50.1. The summed E-state index contributed by atoms with van der Waals surface area (Å²) in [6.07, 6.45) is 25.9. The van der Waals surface area contributed by atoms with E-state index in [4.69, 9.17) is 42.1 Å². The Morgan fingerprint density at radius 1 is 0.467 bits per heavy atom. The molecule has 0 amide bonds. The number of ether oxygens (including phenoxy) is 8. The van der Waals surface area contributed by atoms with Gasteiger partial charge in [0.2, 0.25) is 0 Å². The van der Waals surface area contributed by atoms with E-state index in [2.05, 4.69) is 34.6 Å². The molecule has 1 N–H and O–H groups in total. The van der Waals surface area contributed by atoms with Gasteiger partial charge in [-0.25, -0.2) is 4.79 Å². The minimum Gasteiger partial charge on any atom is -0.465 e. The van der Waals surface area contributed by atoms with Gasteiger partial charge in [0.05, 0.1) is 55.9 Å². The van der Waals surface area contributed by atoms with E-state index in [1.54, 1.807) is 13.8 Å². The van der Waals surface area contributed by atoms with Crippen LogP contribution in [0.4, 0.5) is 0 Å². The zero-order valence-electron chi connectivity index (χ0n) is 70.6. The second kappa shape index (κ2) is 48.0. The van der Waals surface area contributed by atoms with Gasteiger partial charge in [0.25, 0.3) is 10.1 Å². The van der Waals surface area contributed by atoms with E-state index in [0.29, 0.717) is 73.7 Å². The molecule has 15 aliphatic rings. The van der Waals surface area contributed by atoms with Gasteiger partial charge in [-0.05, 0) is 291 Å². The summed E-state index contributed by atoms with van der Waals surface area (Å²) in [4.78, 5) is 96.0. The van der Waals surface area contributed by atoms with Crippen LogP contribution in [0.1, 0.15) is 421 Å². The Bertz CT molecular complexity index is 3240. The SMILES string of the molecule is C.C.C.C.C.C.C.C.C.C.C.C.CCC(C)(C)C(=O)OC1(C(C)C)C2CC3CC(C2)CC1C3.CCC(C)(C)C(=O)OC12CC3CC(CC(O)(C3)C1)C2.CCC(C)(C)C(=O)OC1C2CC3C(=O)OC1C3C2.CCC(C)(C)C(=O)OCC(=O)OC1C2CC3C1OS(=O)(=O)C3C2.CCC1(OC(=O)C(C)(C)CC)CCCC1.CCCCOC(=O)C(C)(C)CC. The first-order valence-corrected chi connectivity index (χ1v) is 43.9. The normalized spacial score (nSPS) is 31.2. The quantitative estimate of drug-likeness (QED) is 0.0407. The second-order valence-electron chi connectivity index (χ2n) is 39.8. The molecule has 2 aliphatic heterocycles. The molecule has 0 spiro atoms. The summed E-state index contributed by atoms with van der Waals surface area (Å²) in [6.45, 7) is 43.8. The van der Waals surface area contributed by atoms with Gasteiger partial charge in [0.1, 0.15) is 41.2 Å². The van der Waals surface area contributed by atoms with Crippen molar-refractivity contribution in [3.05, 3.63) is 0 Å². The molecule has 0 radical (unpaired) electrons. The van der Waals surface area contributed by atoms with Crippen molar-refractivity contribution in [2.45, 2.75) is 473 Å². The third kappa shape index (κ3) is 27.3. The van der Waals surface area contributed by atoms with Crippen LogP contribution in [0.5, 0.6) is 0 Å². The number of esters is 8. The van der Waals surface area contributed by atoms with Crippen molar-refractivity contribution >= 4 is 57.9 Å². The predicted molar refractivity (Wildman–Crippen MR) is 492 cm³/mol. The van der Waals surface area contributed by atoms with Crippen LogP contribution in [0.15, 0.2) is 0 Å². The molecule has 0 aromatic rings. The summed E-state index contributed by atoms with van der Waals surface area (Å²) in [5.74, 6) is 3.75. The van der Waals surface area contributed by atoms with Crippen LogP contribution in [-0.2, 0) is 90.6 Å². The first kappa shape index (κ1) is 124. The number of hydrogen-bond donors (Lipinski definition) is 1. The smallest absolute Gasteiger partial charge is 0.344 e. The molecule has 0 aromatic carbocycles. The molecule has 15 fully saturated rings. The summed E-state index contributed by atoms with van der Waals surface area (Å²) >= 11 is 0. The van der Waals surface area contributed by atoms with Crippen molar-refractivity contribution in [3.8, 4) is 0 Å². The fourth-order valence-electron chi connectivity index (χ4n) is 20.2. The molecule has 0 aromatic heterocycles. The average molecular weight is 1730 g/mol. The van der Waals surface area contributed by atoms with Crippen molar-refractivity contribution in [2.75, 3.05) is 13.2 Å². The van der Waals surface area contributed by atoms with Gasteiger partial charge < -0.3 is 43.0 Å². The van der Waals surface area contributed by atoms with Gasteiger partial charge in [-0.1, -0.05) is 165 Å². The van der Waals surface area contributed by atoms with Crippen LogP contribution in [0.2, 0.25) is 0 Å². The summed E-state index contributed by atoms with van der Waals surface area (Å²) in [5.41, 5.74) is -3.73. The lowest BCUT2D eigenvalue weighted by atomic mass is 9.47. The van der Waals surface area contributed by atoms with E-state index in [1.165, 1.54) is 51.4 Å². The lowest BCUT2D eigenvalue weighted by molar-refractivity contribution is -0.231. The average Bonchev–Trinajstić information content (AvgIpc) is 1.51. The molecule has 15 rings (SSSR count). The fourth-order valence-corrected chi connectivity index (χ4v) is 22.1. The molecule has 2 saturated heterocycles. The number of unbranched alkanes of at least 4 members (excludes halogenated alkanes) is 1. The van der Waals surface area contributed by atoms with Crippen molar-refractivity contribution in [2.24, 2.45) is 104 Å². The number of hydrogen-bond acceptors (Lipinski definition) is 20. The summed E-state index contributed by atoms with van der Waals surface area (Å²) in [5, 5.41) is 10.2. The fraction of sp³-hybridized carbons (Fsp3) is 0.919. The molecule has 12 atom stereocenters. The molecule has 714 valence electrons. The van der Waals surface area contributed by atoms with E-state index in [9.17, 15) is 51.9 Å². The standard InChI is InChI=1S/C19H32O2.C16H26O3.C15H22O7S.C14H20O4.C13H24O2.C10H20O2.12CH4/c1-6-18(4,5)17(20)21-19(12(2)3)15-8-13-7-14(10-15)11-16(19)9-13;1-4-14(2,3)13(17)19-16-8-11-5-12(9-16)7-15(18,6-11)10-16;1-4-15(2,3)14(17)20-7-11(16)21-12-8-5-9-10(6-8)23(18,19)22-13(9)12;1-4-14(2,3)13(16)18-10-7-5-8-9(6-7)12(15)17-11(8)10;1-5-12(3,4)11(14)15-13(6-2)9-7-8-10-13;1-5-7-8-12-9(11)10(3,4)6-2;;;;;;;;;;;;/h12-16H,6-11H2,1-5H3;11-12,18H,4-10H2,1-3H3;8-10,12-13H,4-7H2,1-3H3;7-11H,4-6H2,1-3H3;5-10H2,1-4H3;5-8H2,1-4H3;12*1H4. The van der Waals surface area contributed by atoms with Crippen molar-refractivity contribution in [1.29, 1.82) is 0 Å². The number of carbonyl (C=O) groups is 8. The minimum atomic E-state index is -3.53. The minimum absolute atomic E-state index is 0. The van der Waals surface area contributed by atoms with Gasteiger partial charge in [-0.2, -0.15) is 8.42 Å². The van der Waals surface area contributed by atoms with Crippen LogP contribution >= 0.6 is 0 Å². The van der Waals surface area contributed by atoms with Gasteiger partial charge in [0, 0.05) is 30.1 Å². The molecular formula is C99H192O20S. The number of rotatable bonds is 24. The van der Waals surface area contributed by atoms with Crippen LogP contribution in [-0.4, -0.2) is 127 Å². The molecule has 20 nitrogen and oxygen atoms in total. The monoisotopic (exact) mass is 1730 g/mol. The van der Waals surface area contributed by atoms with Gasteiger partial charge in [0.15, 0.2) is 6.61 Å². The van der Waals surface area contributed by atoms with Crippen LogP contribution in [0.25, 0.3) is 0 Å². The number of fused-ring (bicyclic) bond motifs is 2. The van der Waals surface area contributed by atoms with E-state index < -0.39 is 68.0 Å². The molecule has 13 saturated carbocycles. The molecule has 21 heteroatoms. The van der Waals surface area contributed by atoms with Crippen molar-refractivity contribution < 1.29 is 94.0 Å². The predicted octanol–water partition coefficient (Wildman–Crippen LogP) is 24.9. The third-order valence-electron chi connectivity index (χ3n) is 29.3. The third-order valence-corrected chi connectivity index (χ3v) is 31.1. The molecule has 12 unspecified atom stereocenters. The maximum absolute atomic E-state index is 12.8. The summed E-state index contributed by atoms with van der Waals surface area (Å²) < 4.78 is 73.4. The summed E-state index contributed by atoms with van der Waals surface area (Å²) in [7, 11) is -3.53. The highest BCUT2D eigenvalue weighted by atomic mass is 32.2. The van der Waals surface area contributed by atoms with Gasteiger partial charge in [-0.15, -0.1) is 0 Å². The maximum Gasteiger partial charge on any atom is 0.344 e. The highest BCUT2D eigenvalue weighted by molar-refractivity contribution is 7.87. The topological polar surface area (TPSA) is 274 Å². The van der Waals surface area contributed by atoms with Crippen molar-refractivity contribution in [3.63, 3.8) is 0 Å². The van der Waals surface area contributed by atoms with Gasteiger partial charge in [-0.3, -0.25) is 37.7 Å². The number of aliphatic hydroxyl groups is 1. The highest BCUT2D eigenvalue weighted by Gasteiger charge is 2.67. The highest BCUT2D eigenvalue weighted by Crippen LogP contribution is 2.64. The van der Waals surface area contributed by atoms with E-state index in [0.717, 1.165) is 115 Å². The molecule has 12 bridgehead atoms.